The summed E-state index contributed by atoms with van der Waals surface area (Å²) in [4.78, 5) is 39.7. The van der Waals surface area contributed by atoms with E-state index in [0.717, 1.165) is 11.1 Å². The molecule has 1 unspecified atom stereocenters. The number of H-pyrrole nitrogens is 1. The first-order valence-corrected chi connectivity index (χ1v) is 15.5. The van der Waals surface area contributed by atoms with E-state index in [1.165, 1.54) is 10.8 Å². The van der Waals surface area contributed by atoms with E-state index in [9.17, 15) is 18.9 Å². The highest BCUT2D eigenvalue weighted by Gasteiger charge is 2.36. The number of hydrogen-bond donors (Lipinski definition) is 2. The summed E-state index contributed by atoms with van der Waals surface area (Å²) in [6.45, 7) is 1.37. The average Bonchev–Trinajstić information content (AvgIpc) is 3.51. The van der Waals surface area contributed by atoms with Crippen molar-refractivity contribution in [3.63, 3.8) is 0 Å². The summed E-state index contributed by atoms with van der Waals surface area (Å²) >= 11 is 0. The fraction of sp³-hybridized carbons (Fsp3) is 0.219. The molecule has 0 aliphatic carbocycles. The van der Waals surface area contributed by atoms with Crippen molar-refractivity contribution in [1.29, 1.82) is 0 Å². The molecule has 0 saturated heterocycles. The van der Waals surface area contributed by atoms with E-state index in [0.29, 0.717) is 5.56 Å². The van der Waals surface area contributed by atoms with Crippen LogP contribution in [0.15, 0.2) is 119 Å². The highest BCUT2D eigenvalue weighted by atomic mass is 31.2. The molecule has 4 aromatic rings. The van der Waals surface area contributed by atoms with E-state index < -0.39 is 43.3 Å². The van der Waals surface area contributed by atoms with E-state index in [1.807, 2.05) is 60.7 Å². The van der Waals surface area contributed by atoms with E-state index in [4.69, 9.17) is 18.5 Å². The number of para-hydroxylation sites is 1. The number of rotatable bonds is 13. The Kier molecular flexibility index (Phi) is 10.0. The summed E-state index contributed by atoms with van der Waals surface area (Å²) in [6, 6.07) is 25.8. The Labute approximate surface area is 253 Å². The molecule has 0 amide bonds. The van der Waals surface area contributed by atoms with Crippen LogP contribution in [0.3, 0.4) is 0 Å². The summed E-state index contributed by atoms with van der Waals surface area (Å²) in [5.41, 5.74) is 0.838. The van der Waals surface area contributed by atoms with Crippen LogP contribution in [0.1, 0.15) is 22.9 Å². The molecule has 1 aromatic heterocycles. The third kappa shape index (κ3) is 8.30. The van der Waals surface area contributed by atoms with Crippen LogP contribution >= 0.6 is 7.75 Å². The van der Waals surface area contributed by atoms with Gasteiger partial charge in [-0.2, -0.15) is 5.09 Å². The van der Waals surface area contributed by atoms with Gasteiger partial charge in [0.05, 0.1) is 6.61 Å². The molecule has 3 aromatic carbocycles. The number of carbonyl (C=O) groups excluding carboxylic acids is 1. The van der Waals surface area contributed by atoms with Crippen molar-refractivity contribution in [2.24, 2.45) is 0 Å². The Balaban J connectivity index is 1.33. The van der Waals surface area contributed by atoms with Crippen LogP contribution in [0.2, 0.25) is 0 Å². The van der Waals surface area contributed by atoms with Gasteiger partial charge in [0.2, 0.25) is 0 Å². The minimum Gasteiger partial charge on any atom is -0.460 e. The van der Waals surface area contributed by atoms with E-state index >= 15 is 0 Å². The van der Waals surface area contributed by atoms with Crippen LogP contribution in [0.4, 0.5) is 0 Å². The number of carbonyl (C=O) groups is 1. The fourth-order valence-electron chi connectivity index (χ4n) is 4.45. The largest absolute Gasteiger partial charge is 0.460 e. The van der Waals surface area contributed by atoms with Crippen molar-refractivity contribution in [3.8, 4) is 5.75 Å². The second-order valence-electron chi connectivity index (χ2n) is 10.1. The van der Waals surface area contributed by atoms with Crippen LogP contribution in [0.25, 0.3) is 0 Å². The maximum absolute atomic E-state index is 14.3. The lowest BCUT2D eigenvalue weighted by Crippen LogP contribution is -2.39. The van der Waals surface area contributed by atoms with Gasteiger partial charge in [-0.05, 0) is 42.7 Å². The number of nitrogens with zero attached hydrogens (tertiary/aromatic N) is 1. The monoisotopic (exact) mass is 617 g/mol. The Bertz CT molecular complexity index is 1740. The molecule has 0 bridgehead atoms. The summed E-state index contributed by atoms with van der Waals surface area (Å²) in [7, 11) is -4.23. The lowest BCUT2D eigenvalue weighted by Gasteiger charge is -2.26. The van der Waals surface area contributed by atoms with Gasteiger partial charge in [-0.1, -0.05) is 84.9 Å². The molecule has 0 fully saturated rings. The normalized spacial score (nSPS) is 17.9. The van der Waals surface area contributed by atoms with Gasteiger partial charge in [-0.3, -0.25) is 23.7 Å². The first-order chi connectivity index (χ1) is 21.3. The molecule has 228 valence electrons. The van der Waals surface area contributed by atoms with Crippen molar-refractivity contribution in [1.82, 2.24) is 14.6 Å². The third-order valence-corrected chi connectivity index (χ3v) is 8.28. The first kappa shape index (κ1) is 30.9. The van der Waals surface area contributed by atoms with Gasteiger partial charge >= 0.3 is 19.4 Å². The van der Waals surface area contributed by atoms with Crippen molar-refractivity contribution >= 4 is 13.7 Å². The maximum Gasteiger partial charge on any atom is 0.459 e. The SMILES string of the molecule is Cc1cn([C@H]2C=C[C@@H](COP(=O)(N[C@@H](Cc3ccccc3)C(=O)OCc3ccccc3)Oc3ccccc3)O2)c(=O)[nH]c1=O. The summed E-state index contributed by atoms with van der Waals surface area (Å²) < 4.78 is 38.7. The Morgan fingerprint density at radius 3 is 2.27 bits per heavy atom. The molecule has 0 radical (unpaired) electrons. The van der Waals surface area contributed by atoms with Crippen LogP contribution < -0.4 is 20.9 Å². The topological polar surface area (TPSA) is 138 Å². The average molecular weight is 618 g/mol. The van der Waals surface area contributed by atoms with Gasteiger partial charge < -0.3 is 14.0 Å². The lowest BCUT2D eigenvalue weighted by molar-refractivity contribution is -0.147. The van der Waals surface area contributed by atoms with E-state index in [-0.39, 0.29) is 25.4 Å². The zero-order valence-corrected chi connectivity index (χ0v) is 24.8. The van der Waals surface area contributed by atoms with Gasteiger partial charge in [0.25, 0.3) is 5.56 Å². The van der Waals surface area contributed by atoms with Crippen molar-refractivity contribution in [2.45, 2.75) is 38.3 Å². The molecule has 0 spiro atoms. The zero-order valence-electron chi connectivity index (χ0n) is 23.9. The standard InChI is InChI=1S/C32H32N3O8P/c1-23-20-35(32(38)33-30(23)36)29-18-17-27(42-29)22-41-44(39,43-26-15-9-4-10-16-26)34-28(19-24-11-5-2-6-12-24)31(37)40-21-25-13-7-3-8-14-25/h2-18,20,27-29H,19,21-22H2,1H3,(H,34,39)(H,33,36,38)/t27-,28-,29+,44?/m0/s1. The second-order valence-corrected chi connectivity index (χ2v) is 11.8. The number of aromatic amines is 1. The maximum atomic E-state index is 14.3. The smallest absolute Gasteiger partial charge is 0.459 e. The molecule has 4 atom stereocenters. The van der Waals surface area contributed by atoms with Gasteiger partial charge in [-0.15, -0.1) is 0 Å². The van der Waals surface area contributed by atoms with Gasteiger partial charge in [0.15, 0.2) is 6.23 Å². The molecule has 2 heterocycles. The van der Waals surface area contributed by atoms with Gasteiger partial charge in [-0.25, -0.2) is 9.36 Å². The number of benzene rings is 3. The summed E-state index contributed by atoms with van der Waals surface area (Å²) in [5.74, 6) is -0.376. The van der Waals surface area contributed by atoms with Gasteiger partial charge in [0, 0.05) is 11.8 Å². The minimum absolute atomic E-state index is 0.0308. The molecule has 1 aliphatic rings. The predicted octanol–water partition coefficient (Wildman–Crippen LogP) is 4.45. The molecule has 44 heavy (non-hydrogen) atoms. The molecular formula is C32H32N3O8P. The van der Waals surface area contributed by atoms with Crippen LogP contribution in [0, 0.1) is 6.92 Å². The van der Waals surface area contributed by atoms with E-state index in [1.54, 1.807) is 49.4 Å². The molecule has 12 heteroatoms. The molecule has 11 nitrogen and oxygen atoms in total. The molecule has 2 N–H and O–H groups in total. The lowest BCUT2D eigenvalue weighted by atomic mass is 10.1. The summed E-state index contributed by atoms with van der Waals surface area (Å²) in [5, 5.41) is 2.82. The zero-order chi connectivity index (χ0) is 30.9. The predicted molar refractivity (Wildman–Crippen MR) is 163 cm³/mol. The number of nitrogens with one attached hydrogen (secondary N) is 2. The van der Waals surface area contributed by atoms with E-state index in [2.05, 4.69) is 10.1 Å². The minimum atomic E-state index is -4.23. The fourth-order valence-corrected chi connectivity index (χ4v) is 5.95. The molecule has 5 rings (SSSR count). The molecule has 0 saturated carbocycles. The van der Waals surface area contributed by atoms with Crippen LogP contribution in [-0.2, 0) is 36.4 Å². The number of hydrogen-bond acceptors (Lipinski definition) is 8. The second kappa shape index (κ2) is 14.3. The highest BCUT2D eigenvalue weighted by molar-refractivity contribution is 7.52. The number of esters is 1. The Hall–Kier alpha value is -4.54. The number of ether oxygens (including phenoxy) is 2. The number of aromatic nitrogens is 2. The van der Waals surface area contributed by atoms with Crippen molar-refractivity contribution < 1.29 is 27.9 Å². The van der Waals surface area contributed by atoms with Crippen molar-refractivity contribution in [2.75, 3.05) is 6.61 Å². The van der Waals surface area contributed by atoms with Gasteiger partial charge in [0.1, 0.15) is 24.5 Å². The molecule has 1 aliphatic heterocycles. The van der Waals surface area contributed by atoms with Crippen molar-refractivity contribution in [3.05, 3.63) is 147 Å². The Morgan fingerprint density at radius 1 is 0.955 bits per heavy atom. The first-order valence-electron chi connectivity index (χ1n) is 14.0. The highest BCUT2D eigenvalue weighted by Crippen LogP contribution is 2.45. The van der Waals surface area contributed by atoms with Crippen LogP contribution in [0.5, 0.6) is 5.75 Å². The molecular weight excluding hydrogens is 585 g/mol. The Morgan fingerprint density at radius 2 is 1.59 bits per heavy atom. The van der Waals surface area contributed by atoms with Crippen LogP contribution in [-0.4, -0.2) is 34.3 Å². The summed E-state index contributed by atoms with van der Waals surface area (Å²) in [6.07, 6.45) is 3.30. The third-order valence-electron chi connectivity index (χ3n) is 6.71. The number of aryl methyl sites for hydroxylation is 1. The quantitative estimate of drug-likeness (QED) is 0.127.